The first kappa shape index (κ1) is 9.47. The van der Waals surface area contributed by atoms with Crippen molar-refractivity contribution in [1.29, 1.82) is 0 Å². The third-order valence-electron chi connectivity index (χ3n) is 3.69. The molecule has 2 fully saturated rings. The Balaban J connectivity index is 1.78. The second-order valence-corrected chi connectivity index (χ2v) is 4.91. The third-order valence-corrected chi connectivity index (χ3v) is 3.69. The molecule has 0 bridgehead atoms. The van der Waals surface area contributed by atoms with Crippen molar-refractivity contribution in [3.05, 3.63) is 0 Å². The number of nitrogens with zero attached hydrogens (tertiary/aromatic N) is 1. The summed E-state index contributed by atoms with van der Waals surface area (Å²) in [6.07, 6.45) is 2.80. The maximum absolute atomic E-state index is 3.50. The fourth-order valence-electron chi connectivity index (χ4n) is 2.67. The SMILES string of the molecule is CC1CN(C(C)C2CCCNC2)C1. The van der Waals surface area contributed by atoms with Crippen molar-refractivity contribution in [3.63, 3.8) is 0 Å². The lowest BCUT2D eigenvalue weighted by Crippen LogP contribution is -2.54. The zero-order valence-corrected chi connectivity index (χ0v) is 8.92. The van der Waals surface area contributed by atoms with E-state index < -0.39 is 0 Å². The number of nitrogens with one attached hydrogen (secondary N) is 1. The van der Waals surface area contributed by atoms with Gasteiger partial charge in [0.25, 0.3) is 0 Å². The Bertz CT molecular complexity index is 157. The van der Waals surface area contributed by atoms with Crippen LogP contribution >= 0.6 is 0 Å². The van der Waals surface area contributed by atoms with Crippen molar-refractivity contribution in [2.75, 3.05) is 26.2 Å². The summed E-state index contributed by atoms with van der Waals surface area (Å²) in [4.78, 5) is 2.64. The summed E-state index contributed by atoms with van der Waals surface area (Å²) in [7, 11) is 0. The number of rotatable bonds is 2. The fraction of sp³-hybridized carbons (Fsp3) is 1.00. The molecule has 0 aromatic rings. The van der Waals surface area contributed by atoms with Crippen LogP contribution in [0.25, 0.3) is 0 Å². The Hall–Kier alpha value is -0.0800. The second-order valence-electron chi connectivity index (χ2n) is 4.91. The lowest BCUT2D eigenvalue weighted by Gasteiger charge is -2.45. The van der Waals surface area contributed by atoms with Crippen molar-refractivity contribution in [3.8, 4) is 0 Å². The Labute approximate surface area is 81.7 Å². The Morgan fingerprint density at radius 1 is 1.38 bits per heavy atom. The number of likely N-dealkylation sites (tertiary alicyclic amines) is 1. The molecule has 13 heavy (non-hydrogen) atoms. The van der Waals surface area contributed by atoms with Gasteiger partial charge in [0, 0.05) is 19.1 Å². The summed E-state index contributed by atoms with van der Waals surface area (Å²) in [5.41, 5.74) is 0. The summed E-state index contributed by atoms with van der Waals surface area (Å²) in [6, 6.07) is 0.809. The first-order chi connectivity index (χ1) is 6.27. The third kappa shape index (κ3) is 2.05. The highest BCUT2D eigenvalue weighted by Gasteiger charge is 2.31. The topological polar surface area (TPSA) is 15.3 Å². The van der Waals surface area contributed by atoms with Gasteiger partial charge >= 0.3 is 0 Å². The van der Waals surface area contributed by atoms with E-state index in [1.165, 1.54) is 39.0 Å². The van der Waals surface area contributed by atoms with Gasteiger partial charge in [-0.1, -0.05) is 6.92 Å². The summed E-state index contributed by atoms with van der Waals surface area (Å²) in [5.74, 6) is 1.85. The van der Waals surface area contributed by atoms with E-state index in [1.54, 1.807) is 0 Å². The molecule has 0 amide bonds. The average molecular weight is 182 g/mol. The molecule has 2 heterocycles. The molecule has 0 spiro atoms. The van der Waals surface area contributed by atoms with E-state index in [0.717, 1.165) is 17.9 Å². The minimum absolute atomic E-state index is 0.809. The van der Waals surface area contributed by atoms with Gasteiger partial charge in [0.15, 0.2) is 0 Å². The molecule has 2 heteroatoms. The summed E-state index contributed by atoms with van der Waals surface area (Å²) in [5, 5.41) is 3.50. The van der Waals surface area contributed by atoms with Gasteiger partial charge in [0.05, 0.1) is 0 Å². The van der Waals surface area contributed by atoms with E-state index >= 15 is 0 Å². The summed E-state index contributed by atoms with van der Waals surface area (Å²) < 4.78 is 0. The van der Waals surface area contributed by atoms with Gasteiger partial charge in [0.1, 0.15) is 0 Å². The first-order valence-corrected chi connectivity index (χ1v) is 5.72. The average Bonchev–Trinajstić information content (AvgIpc) is 2.13. The first-order valence-electron chi connectivity index (χ1n) is 5.72. The zero-order chi connectivity index (χ0) is 9.26. The molecule has 2 rings (SSSR count). The fourth-order valence-corrected chi connectivity index (χ4v) is 2.67. The second kappa shape index (κ2) is 3.97. The van der Waals surface area contributed by atoms with Crippen LogP contribution in [0.2, 0.25) is 0 Å². The van der Waals surface area contributed by atoms with Crippen molar-refractivity contribution >= 4 is 0 Å². The van der Waals surface area contributed by atoms with E-state index in [9.17, 15) is 0 Å². The van der Waals surface area contributed by atoms with Gasteiger partial charge in [0.2, 0.25) is 0 Å². The van der Waals surface area contributed by atoms with E-state index in [-0.39, 0.29) is 0 Å². The van der Waals surface area contributed by atoms with Crippen molar-refractivity contribution in [1.82, 2.24) is 10.2 Å². The molecule has 0 aromatic carbocycles. The van der Waals surface area contributed by atoms with Gasteiger partial charge < -0.3 is 5.32 Å². The molecular formula is C11H22N2. The van der Waals surface area contributed by atoms with Crippen LogP contribution in [-0.4, -0.2) is 37.1 Å². The van der Waals surface area contributed by atoms with Gasteiger partial charge in [-0.25, -0.2) is 0 Å². The van der Waals surface area contributed by atoms with E-state index in [1.807, 2.05) is 0 Å². The van der Waals surface area contributed by atoms with Crippen LogP contribution in [0.15, 0.2) is 0 Å². The molecule has 0 aliphatic carbocycles. The highest BCUT2D eigenvalue weighted by molar-refractivity contribution is 4.86. The Kier molecular flexibility index (Phi) is 2.89. The number of hydrogen-bond acceptors (Lipinski definition) is 2. The van der Waals surface area contributed by atoms with Crippen LogP contribution in [0.5, 0.6) is 0 Å². The van der Waals surface area contributed by atoms with Crippen molar-refractivity contribution in [2.24, 2.45) is 11.8 Å². The van der Waals surface area contributed by atoms with Crippen LogP contribution in [0, 0.1) is 11.8 Å². The highest BCUT2D eigenvalue weighted by atomic mass is 15.2. The monoisotopic (exact) mass is 182 g/mol. The lowest BCUT2D eigenvalue weighted by molar-refractivity contribution is 0.0353. The lowest BCUT2D eigenvalue weighted by atomic mass is 9.88. The summed E-state index contributed by atoms with van der Waals surface area (Å²) in [6.45, 7) is 9.90. The van der Waals surface area contributed by atoms with Gasteiger partial charge in [-0.3, -0.25) is 4.90 Å². The Morgan fingerprint density at radius 2 is 2.15 bits per heavy atom. The molecule has 0 aromatic heterocycles. The molecule has 2 unspecified atom stereocenters. The smallest absolute Gasteiger partial charge is 0.0108 e. The van der Waals surface area contributed by atoms with Crippen molar-refractivity contribution < 1.29 is 0 Å². The molecule has 0 radical (unpaired) electrons. The molecule has 76 valence electrons. The zero-order valence-electron chi connectivity index (χ0n) is 8.92. The van der Waals surface area contributed by atoms with Gasteiger partial charge in [-0.05, 0) is 44.7 Å². The Morgan fingerprint density at radius 3 is 2.69 bits per heavy atom. The predicted molar refractivity (Wildman–Crippen MR) is 55.8 cm³/mol. The van der Waals surface area contributed by atoms with Crippen molar-refractivity contribution in [2.45, 2.75) is 32.7 Å². The molecule has 2 saturated heterocycles. The van der Waals surface area contributed by atoms with Gasteiger partial charge in [-0.2, -0.15) is 0 Å². The normalized spacial score (nSPS) is 34.2. The molecule has 2 aliphatic rings. The maximum Gasteiger partial charge on any atom is 0.0108 e. The molecule has 2 nitrogen and oxygen atoms in total. The van der Waals surface area contributed by atoms with Gasteiger partial charge in [-0.15, -0.1) is 0 Å². The quantitative estimate of drug-likeness (QED) is 0.693. The molecule has 0 saturated carbocycles. The van der Waals surface area contributed by atoms with E-state index in [2.05, 4.69) is 24.1 Å². The predicted octanol–water partition coefficient (Wildman–Crippen LogP) is 1.33. The maximum atomic E-state index is 3.50. The molecule has 1 N–H and O–H groups in total. The van der Waals surface area contributed by atoms with E-state index in [4.69, 9.17) is 0 Å². The minimum atomic E-state index is 0.809. The minimum Gasteiger partial charge on any atom is -0.316 e. The molecule has 2 atom stereocenters. The largest absolute Gasteiger partial charge is 0.316 e. The highest BCUT2D eigenvalue weighted by Crippen LogP contribution is 2.25. The molecular weight excluding hydrogens is 160 g/mol. The number of piperidine rings is 1. The van der Waals surface area contributed by atoms with Crippen LogP contribution in [0.3, 0.4) is 0 Å². The van der Waals surface area contributed by atoms with Crippen LogP contribution in [0.4, 0.5) is 0 Å². The van der Waals surface area contributed by atoms with Crippen LogP contribution in [0.1, 0.15) is 26.7 Å². The standard InChI is InChI=1S/C11H22N2/c1-9-7-13(8-9)10(2)11-4-3-5-12-6-11/h9-12H,3-8H2,1-2H3. The summed E-state index contributed by atoms with van der Waals surface area (Å²) >= 11 is 0. The van der Waals surface area contributed by atoms with Crippen LogP contribution < -0.4 is 5.32 Å². The molecule has 2 aliphatic heterocycles. The van der Waals surface area contributed by atoms with E-state index in [0.29, 0.717) is 0 Å². The number of hydrogen-bond donors (Lipinski definition) is 1. The van der Waals surface area contributed by atoms with Crippen LogP contribution in [-0.2, 0) is 0 Å².